The molecule has 1 aromatic carbocycles. The first-order valence-corrected chi connectivity index (χ1v) is 7.79. The molecule has 2 unspecified atom stereocenters. The van der Waals surface area contributed by atoms with Crippen molar-refractivity contribution >= 4 is 6.03 Å². The molecular formula is C17H23N3O3. The fraction of sp³-hybridized carbons (Fsp3) is 0.412. The van der Waals surface area contributed by atoms with Gasteiger partial charge in [0, 0.05) is 18.2 Å². The molecule has 0 spiro atoms. The van der Waals surface area contributed by atoms with Crippen molar-refractivity contribution in [2.75, 3.05) is 6.61 Å². The Kier molecular flexibility index (Phi) is 6.17. The Morgan fingerprint density at radius 1 is 1.26 bits per heavy atom. The van der Waals surface area contributed by atoms with Crippen molar-refractivity contribution in [3.8, 4) is 11.3 Å². The minimum absolute atomic E-state index is 0.00112. The lowest BCUT2D eigenvalue weighted by atomic mass is 10.2. The molecule has 0 bridgehead atoms. The van der Waals surface area contributed by atoms with Crippen molar-refractivity contribution in [3.63, 3.8) is 0 Å². The number of oxazole rings is 1. The molecule has 0 aliphatic rings. The van der Waals surface area contributed by atoms with Gasteiger partial charge in [0.2, 0.25) is 5.89 Å². The van der Waals surface area contributed by atoms with Gasteiger partial charge in [0.25, 0.3) is 0 Å². The first kappa shape index (κ1) is 17.0. The summed E-state index contributed by atoms with van der Waals surface area (Å²) in [4.78, 5) is 16.2. The van der Waals surface area contributed by atoms with Crippen LogP contribution in [0.3, 0.4) is 0 Å². The highest BCUT2D eigenvalue weighted by atomic mass is 16.4. The van der Waals surface area contributed by atoms with E-state index < -0.39 is 0 Å². The van der Waals surface area contributed by atoms with Crippen LogP contribution in [0.2, 0.25) is 0 Å². The second-order valence-electron chi connectivity index (χ2n) is 5.54. The van der Waals surface area contributed by atoms with Crippen molar-refractivity contribution in [1.29, 1.82) is 0 Å². The van der Waals surface area contributed by atoms with E-state index >= 15 is 0 Å². The Hall–Kier alpha value is -2.34. The zero-order valence-corrected chi connectivity index (χ0v) is 13.5. The van der Waals surface area contributed by atoms with Gasteiger partial charge in [-0.2, -0.15) is 0 Å². The molecule has 0 aliphatic carbocycles. The van der Waals surface area contributed by atoms with Crippen LogP contribution in [0.1, 0.15) is 38.6 Å². The first-order valence-electron chi connectivity index (χ1n) is 7.79. The molecule has 2 atom stereocenters. The normalized spacial score (nSPS) is 13.3. The molecule has 0 saturated carbocycles. The number of urea groups is 1. The smallest absolute Gasteiger partial charge is 0.315 e. The highest BCUT2D eigenvalue weighted by Crippen LogP contribution is 2.22. The van der Waals surface area contributed by atoms with E-state index in [0.717, 1.165) is 12.0 Å². The van der Waals surface area contributed by atoms with Gasteiger partial charge >= 0.3 is 6.03 Å². The number of aromatic nitrogens is 1. The molecule has 124 valence electrons. The summed E-state index contributed by atoms with van der Waals surface area (Å²) in [5.41, 5.74) is 0.945. The highest BCUT2D eigenvalue weighted by Gasteiger charge is 2.16. The third-order valence-electron chi connectivity index (χ3n) is 3.47. The maximum Gasteiger partial charge on any atom is 0.315 e. The summed E-state index contributed by atoms with van der Waals surface area (Å²) in [6, 6.07) is 9.07. The van der Waals surface area contributed by atoms with Crippen LogP contribution in [-0.4, -0.2) is 28.8 Å². The fourth-order valence-electron chi connectivity index (χ4n) is 2.22. The predicted molar refractivity (Wildman–Crippen MR) is 87.8 cm³/mol. The van der Waals surface area contributed by atoms with Crippen LogP contribution in [0.25, 0.3) is 11.3 Å². The molecule has 2 aromatic rings. The lowest BCUT2D eigenvalue weighted by Crippen LogP contribution is -2.41. The van der Waals surface area contributed by atoms with Gasteiger partial charge in [-0.05, 0) is 26.7 Å². The van der Waals surface area contributed by atoms with E-state index in [1.54, 1.807) is 6.20 Å². The number of aliphatic hydroxyl groups excluding tert-OH is 1. The van der Waals surface area contributed by atoms with Gasteiger partial charge in [0.05, 0.1) is 6.20 Å². The van der Waals surface area contributed by atoms with Crippen molar-refractivity contribution in [2.45, 2.75) is 38.8 Å². The van der Waals surface area contributed by atoms with E-state index in [1.165, 1.54) is 0 Å². The largest absolute Gasteiger partial charge is 0.438 e. The monoisotopic (exact) mass is 317 g/mol. The third-order valence-corrected chi connectivity index (χ3v) is 3.47. The molecule has 23 heavy (non-hydrogen) atoms. The highest BCUT2D eigenvalue weighted by molar-refractivity contribution is 5.74. The van der Waals surface area contributed by atoms with Crippen LogP contribution in [0.5, 0.6) is 0 Å². The van der Waals surface area contributed by atoms with Crippen LogP contribution in [0, 0.1) is 0 Å². The standard InChI is InChI=1S/C17H23N3O3/c1-12(7-6-10-21)19-17(22)20-13(2)16-18-11-15(23-16)14-8-4-3-5-9-14/h3-5,8-9,11-13,21H,6-7,10H2,1-2H3,(H2,19,20,22). The Morgan fingerprint density at radius 2 is 2.00 bits per heavy atom. The molecule has 0 radical (unpaired) electrons. The summed E-state index contributed by atoms with van der Waals surface area (Å²) in [7, 11) is 0. The van der Waals surface area contributed by atoms with Crippen molar-refractivity contribution in [2.24, 2.45) is 0 Å². The summed E-state index contributed by atoms with van der Waals surface area (Å²) in [6.45, 7) is 3.85. The average Bonchev–Trinajstić information content (AvgIpc) is 3.03. The minimum atomic E-state index is -0.336. The van der Waals surface area contributed by atoms with Crippen molar-refractivity contribution in [3.05, 3.63) is 42.4 Å². The molecule has 0 saturated heterocycles. The predicted octanol–water partition coefficient (Wildman–Crippen LogP) is 2.86. The lowest BCUT2D eigenvalue weighted by molar-refractivity contribution is 0.229. The van der Waals surface area contributed by atoms with Gasteiger partial charge < -0.3 is 20.2 Å². The summed E-state index contributed by atoms with van der Waals surface area (Å²) in [5.74, 6) is 1.13. The number of amides is 2. The number of carbonyl (C=O) groups excluding carboxylic acids is 1. The van der Waals surface area contributed by atoms with E-state index in [0.29, 0.717) is 18.1 Å². The molecule has 1 heterocycles. The maximum absolute atomic E-state index is 11.9. The number of hydrogen-bond donors (Lipinski definition) is 3. The Morgan fingerprint density at radius 3 is 2.70 bits per heavy atom. The summed E-state index contributed by atoms with van der Waals surface area (Å²) in [5, 5.41) is 14.4. The zero-order valence-electron chi connectivity index (χ0n) is 13.5. The SMILES string of the molecule is CC(CCCO)NC(=O)NC(C)c1ncc(-c2ccccc2)o1. The Labute approximate surface area is 135 Å². The second kappa shape index (κ2) is 8.33. The number of rotatable bonds is 7. The molecular weight excluding hydrogens is 294 g/mol. The molecule has 6 nitrogen and oxygen atoms in total. The maximum atomic E-state index is 11.9. The summed E-state index contributed by atoms with van der Waals surface area (Å²) >= 11 is 0. The average molecular weight is 317 g/mol. The Bertz CT molecular complexity index is 613. The second-order valence-corrected chi connectivity index (χ2v) is 5.54. The van der Waals surface area contributed by atoms with Crippen LogP contribution in [-0.2, 0) is 0 Å². The van der Waals surface area contributed by atoms with Gasteiger partial charge in [-0.15, -0.1) is 0 Å². The number of nitrogens with zero attached hydrogens (tertiary/aromatic N) is 1. The molecule has 6 heteroatoms. The number of benzene rings is 1. The minimum Gasteiger partial charge on any atom is -0.438 e. The molecule has 0 fully saturated rings. The molecule has 0 aliphatic heterocycles. The zero-order chi connectivity index (χ0) is 16.7. The topological polar surface area (TPSA) is 87.4 Å². The van der Waals surface area contributed by atoms with E-state index in [-0.39, 0.29) is 24.7 Å². The van der Waals surface area contributed by atoms with E-state index in [9.17, 15) is 4.79 Å². The molecule has 1 aromatic heterocycles. The van der Waals surface area contributed by atoms with Gasteiger partial charge in [0.15, 0.2) is 5.76 Å². The third kappa shape index (κ3) is 5.10. The van der Waals surface area contributed by atoms with Crippen LogP contribution < -0.4 is 10.6 Å². The first-order chi connectivity index (χ1) is 11.1. The lowest BCUT2D eigenvalue weighted by Gasteiger charge is -2.16. The van der Waals surface area contributed by atoms with Gasteiger partial charge in [0.1, 0.15) is 6.04 Å². The van der Waals surface area contributed by atoms with E-state index in [1.807, 2.05) is 44.2 Å². The van der Waals surface area contributed by atoms with Crippen molar-refractivity contribution < 1.29 is 14.3 Å². The molecule has 2 amide bonds. The van der Waals surface area contributed by atoms with Crippen LogP contribution in [0.4, 0.5) is 4.79 Å². The Balaban J connectivity index is 1.90. The fourth-order valence-corrected chi connectivity index (χ4v) is 2.22. The molecule has 2 rings (SSSR count). The van der Waals surface area contributed by atoms with Gasteiger partial charge in [-0.25, -0.2) is 9.78 Å². The summed E-state index contributed by atoms with van der Waals surface area (Å²) in [6.07, 6.45) is 3.05. The van der Waals surface area contributed by atoms with Gasteiger partial charge in [-0.1, -0.05) is 30.3 Å². The quantitative estimate of drug-likeness (QED) is 0.733. The van der Waals surface area contributed by atoms with Crippen LogP contribution in [0.15, 0.2) is 40.9 Å². The van der Waals surface area contributed by atoms with E-state index in [4.69, 9.17) is 9.52 Å². The summed E-state index contributed by atoms with van der Waals surface area (Å²) < 4.78 is 5.72. The van der Waals surface area contributed by atoms with Gasteiger partial charge in [-0.3, -0.25) is 0 Å². The number of hydrogen-bond acceptors (Lipinski definition) is 4. The van der Waals surface area contributed by atoms with E-state index in [2.05, 4.69) is 15.6 Å². The number of aliphatic hydroxyl groups is 1. The van der Waals surface area contributed by atoms with Crippen LogP contribution >= 0.6 is 0 Å². The number of nitrogens with one attached hydrogen (secondary N) is 2. The number of carbonyl (C=O) groups is 1. The molecule has 3 N–H and O–H groups in total. The van der Waals surface area contributed by atoms with Crippen molar-refractivity contribution in [1.82, 2.24) is 15.6 Å².